The summed E-state index contributed by atoms with van der Waals surface area (Å²) in [6, 6.07) is 14.6. The number of thiazole rings is 1. The molecule has 0 saturated heterocycles. The van der Waals surface area contributed by atoms with Crippen molar-refractivity contribution in [2.75, 3.05) is 12.8 Å². The third kappa shape index (κ3) is 4.39. The van der Waals surface area contributed by atoms with Crippen LogP contribution >= 0.6 is 23.1 Å². The lowest BCUT2D eigenvalue weighted by Gasteiger charge is -2.04. The highest BCUT2D eigenvalue weighted by atomic mass is 32.2. The molecule has 3 rings (SSSR count). The molecule has 0 aliphatic carbocycles. The molecule has 0 bridgehead atoms. The van der Waals surface area contributed by atoms with E-state index in [2.05, 4.69) is 28.8 Å². The number of nitrogens with zero attached hydrogens (tertiary/aromatic N) is 3. The summed E-state index contributed by atoms with van der Waals surface area (Å²) in [5.41, 5.74) is 2.76. The van der Waals surface area contributed by atoms with Crippen LogP contribution < -0.4 is 4.80 Å². The molecule has 0 radical (unpaired) electrons. The zero-order valence-electron chi connectivity index (χ0n) is 14.3. The first-order chi connectivity index (χ1) is 12.7. The number of halogens is 1. The topological polar surface area (TPSA) is 29.6 Å². The lowest BCUT2D eigenvalue weighted by Crippen LogP contribution is -2.12. The van der Waals surface area contributed by atoms with Crippen LogP contribution in [0.4, 0.5) is 4.39 Å². The molecule has 0 unspecified atom stereocenters. The fourth-order valence-corrected chi connectivity index (χ4v) is 3.55. The van der Waals surface area contributed by atoms with Crippen LogP contribution in [0.1, 0.15) is 5.56 Å². The summed E-state index contributed by atoms with van der Waals surface area (Å²) >= 11 is 3.20. The fourth-order valence-electron chi connectivity index (χ4n) is 2.30. The van der Waals surface area contributed by atoms with Crippen LogP contribution in [0.25, 0.3) is 11.3 Å². The zero-order chi connectivity index (χ0) is 18.4. The normalized spacial score (nSPS) is 12.0. The van der Waals surface area contributed by atoms with Crippen molar-refractivity contribution in [1.29, 1.82) is 0 Å². The van der Waals surface area contributed by atoms with Gasteiger partial charge in [0.25, 0.3) is 0 Å². The molecule has 3 nitrogen and oxygen atoms in total. The standard InChI is InChI=1S/C20H18FN3S2/c1-3-12-22-20-24(23-13-15-4-10-18(25-2)11-5-15)19(14-26-20)16-6-8-17(21)9-7-16/h3-11,13-14H,1,12H2,2H3/b22-20?,23-13+. The van der Waals surface area contributed by atoms with Crippen LogP contribution in [0, 0.1) is 5.82 Å². The average Bonchev–Trinajstić information content (AvgIpc) is 3.08. The molecule has 0 aliphatic rings. The van der Waals surface area contributed by atoms with E-state index in [9.17, 15) is 4.39 Å². The van der Waals surface area contributed by atoms with Crippen LogP contribution in [-0.4, -0.2) is 23.7 Å². The summed E-state index contributed by atoms with van der Waals surface area (Å²) in [7, 11) is 0. The van der Waals surface area contributed by atoms with Gasteiger partial charge in [-0.3, -0.25) is 4.99 Å². The number of benzene rings is 2. The Balaban J connectivity index is 2.01. The first-order valence-corrected chi connectivity index (χ1v) is 10.1. The Labute approximate surface area is 160 Å². The third-order valence-electron chi connectivity index (χ3n) is 3.62. The second-order valence-corrected chi connectivity index (χ2v) is 7.09. The van der Waals surface area contributed by atoms with Crippen molar-refractivity contribution < 1.29 is 4.39 Å². The lowest BCUT2D eigenvalue weighted by atomic mass is 10.2. The van der Waals surface area contributed by atoms with Crippen molar-refractivity contribution in [2.24, 2.45) is 10.1 Å². The maximum atomic E-state index is 13.2. The maximum absolute atomic E-state index is 13.2. The minimum Gasteiger partial charge on any atom is -0.253 e. The minimum atomic E-state index is -0.260. The van der Waals surface area contributed by atoms with Crippen molar-refractivity contribution in [1.82, 2.24) is 4.68 Å². The molecule has 132 valence electrons. The van der Waals surface area contributed by atoms with Crippen molar-refractivity contribution in [3.63, 3.8) is 0 Å². The Morgan fingerprint density at radius 1 is 1.15 bits per heavy atom. The molecule has 3 aromatic rings. The predicted octanol–water partition coefficient (Wildman–Crippen LogP) is 5.05. The van der Waals surface area contributed by atoms with Gasteiger partial charge in [-0.25, -0.2) is 9.07 Å². The van der Waals surface area contributed by atoms with E-state index >= 15 is 0 Å². The Morgan fingerprint density at radius 2 is 1.88 bits per heavy atom. The van der Waals surface area contributed by atoms with Gasteiger partial charge in [-0.15, -0.1) is 29.7 Å². The molecule has 0 aliphatic heterocycles. The van der Waals surface area contributed by atoms with Gasteiger partial charge in [0.15, 0.2) is 0 Å². The van der Waals surface area contributed by atoms with Crippen LogP contribution in [0.3, 0.4) is 0 Å². The fraction of sp³-hybridized carbons (Fsp3) is 0.100. The van der Waals surface area contributed by atoms with E-state index in [1.165, 1.54) is 28.4 Å². The summed E-state index contributed by atoms with van der Waals surface area (Å²) in [5, 5.41) is 6.59. The van der Waals surface area contributed by atoms with E-state index in [-0.39, 0.29) is 5.82 Å². The second-order valence-electron chi connectivity index (χ2n) is 5.37. The zero-order valence-corrected chi connectivity index (χ0v) is 15.9. The van der Waals surface area contributed by atoms with Gasteiger partial charge in [0.2, 0.25) is 4.80 Å². The van der Waals surface area contributed by atoms with Crippen LogP contribution in [0.5, 0.6) is 0 Å². The average molecular weight is 384 g/mol. The highest BCUT2D eigenvalue weighted by Gasteiger charge is 2.07. The van der Waals surface area contributed by atoms with Crippen molar-refractivity contribution in [3.05, 3.63) is 82.7 Å². The van der Waals surface area contributed by atoms with Gasteiger partial charge in [-0.05, 0) is 48.2 Å². The van der Waals surface area contributed by atoms with E-state index in [1.807, 2.05) is 23.8 Å². The Hall–Kier alpha value is -2.44. The first kappa shape index (κ1) is 18.4. The molecule has 0 fully saturated rings. The van der Waals surface area contributed by atoms with Crippen molar-refractivity contribution in [2.45, 2.75) is 4.90 Å². The maximum Gasteiger partial charge on any atom is 0.206 e. The smallest absolute Gasteiger partial charge is 0.206 e. The van der Waals surface area contributed by atoms with Crippen LogP contribution in [-0.2, 0) is 0 Å². The highest BCUT2D eigenvalue weighted by molar-refractivity contribution is 7.98. The quantitative estimate of drug-likeness (QED) is 0.333. The van der Waals surface area contributed by atoms with Crippen molar-refractivity contribution >= 4 is 29.3 Å². The molecule has 0 N–H and O–H groups in total. The van der Waals surface area contributed by atoms with Crippen molar-refractivity contribution in [3.8, 4) is 11.3 Å². The number of rotatable bonds is 6. The summed E-state index contributed by atoms with van der Waals surface area (Å²) in [5.74, 6) is -0.260. The molecule has 1 aromatic heterocycles. The van der Waals surface area contributed by atoms with Gasteiger partial charge in [-0.1, -0.05) is 18.2 Å². The predicted molar refractivity (Wildman–Crippen MR) is 110 cm³/mol. The molecular formula is C20H18FN3S2. The molecule has 0 saturated carbocycles. The Bertz CT molecular complexity index is 968. The minimum absolute atomic E-state index is 0.260. The van der Waals surface area contributed by atoms with E-state index in [0.29, 0.717) is 6.54 Å². The van der Waals surface area contributed by atoms with E-state index in [0.717, 1.165) is 21.6 Å². The third-order valence-corrected chi connectivity index (χ3v) is 5.22. The SMILES string of the molecule is C=CCN=c1scc(-c2ccc(F)cc2)n1/N=C/c1ccc(SC)cc1. The van der Waals surface area contributed by atoms with Crippen LogP contribution in [0.2, 0.25) is 0 Å². The molecule has 6 heteroatoms. The Kier molecular flexibility index (Phi) is 6.20. The molecule has 0 atom stereocenters. The molecule has 26 heavy (non-hydrogen) atoms. The summed E-state index contributed by atoms with van der Waals surface area (Å²) in [6.07, 6.45) is 5.59. The van der Waals surface area contributed by atoms with E-state index < -0.39 is 0 Å². The molecule has 0 spiro atoms. The van der Waals surface area contributed by atoms with E-state index in [4.69, 9.17) is 0 Å². The summed E-state index contributed by atoms with van der Waals surface area (Å²) < 4.78 is 15.0. The summed E-state index contributed by atoms with van der Waals surface area (Å²) in [6.45, 7) is 4.22. The number of hydrogen-bond donors (Lipinski definition) is 0. The van der Waals surface area contributed by atoms with Crippen LogP contribution in [0.15, 0.2) is 81.6 Å². The van der Waals surface area contributed by atoms with Gasteiger partial charge in [0.1, 0.15) is 5.82 Å². The molecule has 0 amide bonds. The number of aromatic nitrogens is 1. The molecular weight excluding hydrogens is 365 g/mol. The molecule has 1 heterocycles. The van der Waals surface area contributed by atoms with Gasteiger partial charge in [-0.2, -0.15) is 5.10 Å². The second kappa shape index (κ2) is 8.78. The first-order valence-electron chi connectivity index (χ1n) is 7.97. The van der Waals surface area contributed by atoms with Gasteiger partial charge < -0.3 is 0 Å². The summed E-state index contributed by atoms with van der Waals surface area (Å²) in [4.78, 5) is 6.47. The van der Waals surface area contributed by atoms with E-state index in [1.54, 1.807) is 40.9 Å². The lowest BCUT2D eigenvalue weighted by molar-refractivity contribution is 0.628. The monoisotopic (exact) mass is 383 g/mol. The van der Waals surface area contributed by atoms with Gasteiger partial charge in [0.05, 0.1) is 18.5 Å². The largest absolute Gasteiger partial charge is 0.253 e. The molecule has 2 aromatic carbocycles. The number of hydrogen-bond acceptors (Lipinski definition) is 4. The van der Waals surface area contributed by atoms with Gasteiger partial charge >= 0.3 is 0 Å². The van der Waals surface area contributed by atoms with Gasteiger partial charge in [0, 0.05) is 15.8 Å². The Morgan fingerprint density at radius 3 is 2.54 bits per heavy atom. The number of thioether (sulfide) groups is 1. The highest BCUT2D eigenvalue weighted by Crippen LogP contribution is 2.20.